The summed E-state index contributed by atoms with van der Waals surface area (Å²) in [5, 5.41) is 2.99. The minimum Gasteiger partial charge on any atom is -0.473 e. The molecule has 0 saturated carbocycles. The number of nitrogens with one attached hydrogen (secondary N) is 1. The fraction of sp³-hybridized carbons (Fsp3) is 0.471. The first-order valence-corrected chi connectivity index (χ1v) is 8.29. The number of aromatic nitrogens is 2. The van der Waals surface area contributed by atoms with E-state index in [1.54, 1.807) is 6.07 Å². The van der Waals surface area contributed by atoms with Crippen molar-refractivity contribution in [3.63, 3.8) is 0 Å². The van der Waals surface area contributed by atoms with Crippen molar-refractivity contribution < 1.29 is 27.4 Å². The van der Waals surface area contributed by atoms with Gasteiger partial charge in [-0.15, -0.1) is 0 Å². The Morgan fingerprint density at radius 3 is 2.81 bits per heavy atom. The van der Waals surface area contributed by atoms with Gasteiger partial charge in [0.2, 0.25) is 5.88 Å². The molecule has 2 aromatic rings. The highest BCUT2D eigenvalue weighted by Crippen LogP contribution is 2.39. The van der Waals surface area contributed by atoms with E-state index in [1.165, 1.54) is 6.20 Å². The highest BCUT2D eigenvalue weighted by Gasteiger charge is 2.53. The Balaban J connectivity index is 1.50. The molecule has 1 N–H and O–H groups in total. The standard InChI is InChI=1S/C17H16F3N3O3/c18-17(19,20)15(24)26-16-6-5-10(23-16)7-11(8-16)25-14-9-21-12-3-1-2-4-13(12)22-14/h1-4,9-11,23H,5-8H2/t10-,11+,16+/m0/s1. The third kappa shape index (κ3) is 3.31. The van der Waals surface area contributed by atoms with Crippen LogP contribution in [0.3, 0.4) is 0 Å². The zero-order valence-electron chi connectivity index (χ0n) is 13.6. The molecule has 2 aliphatic rings. The molecule has 0 aliphatic carbocycles. The number of carbonyl (C=O) groups excluding carboxylic acids is 1. The van der Waals surface area contributed by atoms with Crippen molar-refractivity contribution in [2.45, 2.75) is 49.7 Å². The second kappa shape index (κ2) is 6.08. The molecule has 2 saturated heterocycles. The number of alkyl halides is 3. The molecule has 2 bridgehead atoms. The molecule has 9 heteroatoms. The van der Waals surface area contributed by atoms with Crippen molar-refractivity contribution in [1.82, 2.24) is 15.3 Å². The van der Waals surface area contributed by atoms with E-state index in [4.69, 9.17) is 9.47 Å². The summed E-state index contributed by atoms with van der Waals surface area (Å²) in [5.41, 5.74) is 0.0470. The molecular formula is C17H16F3N3O3. The zero-order valence-corrected chi connectivity index (χ0v) is 13.6. The fourth-order valence-corrected chi connectivity index (χ4v) is 3.64. The Morgan fingerprint density at radius 1 is 1.27 bits per heavy atom. The van der Waals surface area contributed by atoms with Crippen LogP contribution >= 0.6 is 0 Å². The van der Waals surface area contributed by atoms with Gasteiger partial charge in [0.25, 0.3) is 0 Å². The molecule has 26 heavy (non-hydrogen) atoms. The van der Waals surface area contributed by atoms with Gasteiger partial charge in [0.1, 0.15) is 6.10 Å². The van der Waals surface area contributed by atoms with Crippen molar-refractivity contribution in [2.75, 3.05) is 0 Å². The summed E-state index contributed by atoms with van der Waals surface area (Å²) in [7, 11) is 0. The minimum atomic E-state index is -5.02. The molecule has 138 valence electrons. The van der Waals surface area contributed by atoms with Gasteiger partial charge in [-0.1, -0.05) is 12.1 Å². The number of ether oxygens (including phenoxy) is 2. The van der Waals surface area contributed by atoms with E-state index in [1.807, 2.05) is 18.2 Å². The molecule has 1 aromatic heterocycles. The molecule has 2 fully saturated rings. The summed E-state index contributed by atoms with van der Waals surface area (Å²) >= 11 is 0. The van der Waals surface area contributed by atoms with Crippen molar-refractivity contribution in [3.8, 4) is 5.88 Å². The van der Waals surface area contributed by atoms with E-state index in [9.17, 15) is 18.0 Å². The van der Waals surface area contributed by atoms with Gasteiger partial charge >= 0.3 is 12.1 Å². The number of halogens is 3. The van der Waals surface area contributed by atoms with Crippen LogP contribution in [-0.4, -0.2) is 40.0 Å². The van der Waals surface area contributed by atoms with E-state index in [0.717, 1.165) is 5.52 Å². The van der Waals surface area contributed by atoms with Crippen molar-refractivity contribution in [1.29, 1.82) is 0 Å². The van der Waals surface area contributed by atoms with Crippen molar-refractivity contribution in [3.05, 3.63) is 30.5 Å². The van der Waals surface area contributed by atoms with Crippen molar-refractivity contribution >= 4 is 17.0 Å². The predicted octanol–water partition coefficient (Wildman–Crippen LogP) is 2.72. The van der Waals surface area contributed by atoms with E-state index < -0.39 is 24.0 Å². The second-order valence-corrected chi connectivity index (χ2v) is 6.64. The van der Waals surface area contributed by atoms with E-state index >= 15 is 0 Å². The van der Waals surface area contributed by atoms with Crippen LogP contribution in [0.25, 0.3) is 11.0 Å². The third-order valence-corrected chi connectivity index (χ3v) is 4.70. The van der Waals surface area contributed by atoms with Crippen LogP contribution in [0, 0.1) is 0 Å². The van der Waals surface area contributed by atoms with Gasteiger partial charge in [0.05, 0.1) is 17.2 Å². The van der Waals surface area contributed by atoms with E-state index in [2.05, 4.69) is 15.3 Å². The molecule has 0 radical (unpaired) electrons. The Kier molecular flexibility index (Phi) is 3.98. The van der Waals surface area contributed by atoms with Gasteiger partial charge in [-0.25, -0.2) is 14.8 Å². The highest BCUT2D eigenvalue weighted by atomic mass is 19.4. The molecule has 2 aliphatic heterocycles. The molecular weight excluding hydrogens is 351 g/mol. The van der Waals surface area contributed by atoms with E-state index in [0.29, 0.717) is 30.7 Å². The van der Waals surface area contributed by atoms with Gasteiger partial charge in [0, 0.05) is 25.3 Å². The minimum absolute atomic E-state index is 0.0665. The number of fused-ring (bicyclic) bond motifs is 3. The summed E-state index contributed by atoms with van der Waals surface area (Å²) in [4.78, 5) is 19.9. The lowest BCUT2D eigenvalue weighted by Crippen LogP contribution is -2.56. The largest absolute Gasteiger partial charge is 0.490 e. The molecule has 3 atom stereocenters. The van der Waals surface area contributed by atoms with Gasteiger partial charge in [-0.2, -0.15) is 13.2 Å². The quantitative estimate of drug-likeness (QED) is 0.841. The maximum absolute atomic E-state index is 12.6. The normalized spacial score (nSPS) is 28.1. The second-order valence-electron chi connectivity index (χ2n) is 6.64. The molecule has 1 aromatic carbocycles. The number of hydrogen-bond donors (Lipinski definition) is 1. The molecule has 3 heterocycles. The number of rotatable bonds is 3. The summed E-state index contributed by atoms with van der Waals surface area (Å²) in [5.74, 6) is -1.89. The predicted molar refractivity (Wildman–Crippen MR) is 84.2 cm³/mol. The number of para-hydroxylation sites is 2. The van der Waals surface area contributed by atoms with Crippen molar-refractivity contribution in [2.24, 2.45) is 0 Å². The topological polar surface area (TPSA) is 73.3 Å². The number of esters is 1. The monoisotopic (exact) mass is 367 g/mol. The summed E-state index contributed by atoms with van der Waals surface area (Å²) in [6.45, 7) is 0. The first-order valence-electron chi connectivity index (χ1n) is 8.29. The maximum Gasteiger partial charge on any atom is 0.490 e. The van der Waals surface area contributed by atoms with Crippen LogP contribution in [-0.2, 0) is 9.53 Å². The number of piperidine rings is 1. The lowest BCUT2D eigenvalue weighted by Gasteiger charge is -2.38. The Labute approximate surface area is 146 Å². The van der Waals surface area contributed by atoms with Gasteiger partial charge in [-0.3, -0.25) is 5.32 Å². The lowest BCUT2D eigenvalue weighted by atomic mass is 9.99. The van der Waals surface area contributed by atoms with Gasteiger partial charge < -0.3 is 9.47 Å². The van der Waals surface area contributed by atoms with Crippen LogP contribution in [0.4, 0.5) is 13.2 Å². The van der Waals surface area contributed by atoms with Crippen LogP contribution < -0.4 is 10.1 Å². The zero-order chi connectivity index (χ0) is 18.4. The van der Waals surface area contributed by atoms with Gasteiger partial charge in [-0.05, 0) is 18.6 Å². The Hall–Kier alpha value is -2.42. The van der Waals surface area contributed by atoms with Gasteiger partial charge in [0.15, 0.2) is 5.72 Å². The first kappa shape index (κ1) is 17.0. The molecule has 4 rings (SSSR count). The SMILES string of the molecule is O=C(O[C@]12CC[C@@H](C[C@@H](Oc3cnc4ccccc4n3)C1)N2)C(F)(F)F. The lowest BCUT2D eigenvalue weighted by molar-refractivity contribution is -0.219. The molecule has 0 amide bonds. The maximum atomic E-state index is 12.6. The third-order valence-electron chi connectivity index (χ3n) is 4.70. The Morgan fingerprint density at radius 2 is 2.04 bits per heavy atom. The van der Waals surface area contributed by atoms with E-state index in [-0.39, 0.29) is 12.5 Å². The number of nitrogens with zero attached hydrogens (tertiary/aromatic N) is 2. The van der Waals surface area contributed by atoms with Crippen LogP contribution in [0.5, 0.6) is 5.88 Å². The fourth-order valence-electron chi connectivity index (χ4n) is 3.64. The number of carbonyl (C=O) groups is 1. The summed E-state index contributed by atoms with van der Waals surface area (Å²) in [6, 6.07) is 7.23. The molecule has 0 unspecified atom stereocenters. The summed E-state index contributed by atoms with van der Waals surface area (Å²) in [6.07, 6.45) is -2.29. The Bertz CT molecular complexity index is 845. The number of benzene rings is 1. The molecule has 0 spiro atoms. The number of hydrogen-bond acceptors (Lipinski definition) is 6. The van der Waals surface area contributed by atoms with Crippen LogP contribution in [0.2, 0.25) is 0 Å². The first-order chi connectivity index (χ1) is 12.3. The smallest absolute Gasteiger partial charge is 0.473 e. The van der Waals surface area contributed by atoms with Crippen LogP contribution in [0.15, 0.2) is 30.5 Å². The molecule has 6 nitrogen and oxygen atoms in total. The average Bonchev–Trinajstić information content (AvgIpc) is 2.88. The highest BCUT2D eigenvalue weighted by molar-refractivity contribution is 5.76. The van der Waals surface area contributed by atoms with Crippen LogP contribution in [0.1, 0.15) is 25.7 Å². The average molecular weight is 367 g/mol. The summed E-state index contributed by atoms with van der Waals surface area (Å²) < 4.78 is 48.3.